The van der Waals surface area contributed by atoms with Gasteiger partial charge in [-0.2, -0.15) is 4.40 Å². The molecule has 2 atom stereocenters. The minimum atomic E-state index is -1.45. The number of rotatable bonds is 6. The molecular formula is C31H59N5O4S. The van der Waals surface area contributed by atoms with Crippen LogP contribution in [-0.4, -0.2) is 59.9 Å². The van der Waals surface area contributed by atoms with Crippen LogP contribution in [0.5, 0.6) is 0 Å². The lowest BCUT2D eigenvalue weighted by Crippen LogP contribution is -2.26. The van der Waals surface area contributed by atoms with Crippen LogP contribution in [0.4, 0.5) is 0 Å². The van der Waals surface area contributed by atoms with Crippen molar-refractivity contribution in [3.8, 4) is 12.8 Å². The standard InChI is InChI=1S/C11H15N3O2S.C5H11N.C5H10O.C3H7NO.C3H8.C2H6.C2H2/c1-8(2)9-3-4-16-10(5-9)6-12-11-7-13-17(15)14-11;1-3-5-6-4-2;1-4(2)5(3)6;1-4(2)3-5;1-3-2;2*1-2/h3-5,7-9H,6H2,1-2H3,(H,12,14);3,5-6H,4H2,1-2H3;6H,1-3H3;3H,1-2H3;3H2,1-2H3;1-2H3;1-2H/b;5-3+;;;;;. The first-order valence-corrected chi connectivity index (χ1v) is 14.9. The van der Waals surface area contributed by atoms with E-state index in [2.05, 4.69) is 73.0 Å². The number of hydrogen-bond acceptors (Lipinski definition) is 6. The van der Waals surface area contributed by atoms with E-state index in [1.165, 1.54) is 17.5 Å². The molecule has 2 aliphatic heterocycles. The van der Waals surface area contributed by atoms with E-state index < -0.39 is 11.2 Å². The summed E-state index contributed by atoms with van der Waals surface area (Å²) in [7, 11) is 3.38. The van der Waals surface area contributed by atoms with Crippen LogP contribution in [0.15, 0.2) is 56.6 Å². The SMILES string of the molecule is C#C.C/C=C/NCC.CC.CC(C)=C(C)O.CC(C)C1C=COC(CNC2=NS(=O)N=C2)=C1.CCC.CN(C)C=O. The Bertz CT molecular complexity index is 825. The van der Waals surface area contributed by atoms with Crippen molar-refractivity contribution in [2.45, 2.75) is 82.6 Å². The molecule has 2 unspecified atom stereocenters. The van der Waals surface area contributed by atoms with E-state index in [-0.39, 0.29) is 0 Å². The highest BCUT2D eigenvalue weighted by atomic mass is 32.2. The van der Waals surface area contributed by atoms with Crippen molar-refractivity contribution in [1.82, 2.24) is 15.5 Å². The van der Waals surface area contributed by atoms with Crippen LogP contribution in [0.25, 0.3) is 0 Å². The van der Waals surface area contributed by atoms with Gasteiger partial charge in [-0.05, 0) is 64.5 Å². The largest absolute Gasteiger partial charge is 0.513 e. The van der Waals surface area contributed by atoms with Gasteiger partial charge in [0.15, 0.2) is 5.84 Å². The number of nitrogens with one attached hydrogen (secondary N) is 2. The summed E-state index contributed by atoms with van der Waals surface area (Å²) in [6, 6.07) is 0. The summed E-state index contributed by atoms with van der Waals surface area (Å²) in [6.07, 6.45) is 21.2. The fourth-order valence-electron chi connectivity index (χ4n) is 1.76. The molecule has 0 aromatic rings. The smallest absolute Gasteiger partial charge is 0.267 e. The number of amides is 1. The number of carbonyl (C=O) groups excluding carboxylic acids is 1. The van der Waals surface area contributed by atoms with Gasteiger partial charge in [-0.3, -0.25) is 4.79 Å². The topological polar surface area (TPSA) is 116 Å². The molecule has 2 rings (SSSR count). The molecule has 0 aromatic heterocycles. The summed E-state index contributed by atoms with van der Waals surface area (Å²) < 4.78 is 23.7. The highest BCUT2D eigenvalue weighted by Gasteiger charge is 2.14. The monoisotopic (exact) mass is 597 g/mol. The molecule has 3 N–H and O–H groups in total. The second-order valence-corrected chi connectivity index (χ2v) is 9.47. The van der Waals surface area contributed by atoms with Crippen LogP contribution < -0.4 is 10.6 Å². The van der Waals surface area contributed by atoms with Crippen molar-refractivity contribution in [3.05, 3.63) is 47.8 Å². The molecule has 0 fully saturated rings. The van der Waals surface area contributed by atoms with Crippen molar-refractivity contribution in [2.75, 3.05) is 27.2 Å². The van der Waals surface area contributed by atoms with Crippen LogP contribution in [0.2, 0.25) is 0 Å². The van der Waals surface area contributed by atoms with E-state index in [4.69, 9.17) is 9.84 Å². The van der Waals surface area contributed by atoms with Gasteiger partial charge in [-0.1, -0.05) is 54.0 Å². The Morgan fingerprint density at radius 3 is 1.98 bits per heavy atom. The number of hydrogen-bond donors (Lipinski definition) is 3. The lowest BCUT2D eigenvalue weighted by Gasteiger charge is -2.19. The first-order chi connectivity index (χ1) is 19.4. The third-order valence-electron chi connectivity index (χ3n) is 3.98. The van der Waals surface area contributed by atoms with Crippen molar-refractivity contribution in [3.63, 3.8) is 0 Å². The minimum absolute atomic E-state index is 0.397. The Morgan fingerprint density at radius 2 is 1.68 bits per heavy atom. The first kappa shape index (κ1) is 47.5. The van der Waals surface area contributed by atoms with Gasteiger partial charge in [-0.25, -0.2) is 4.21 Å². The Labute approximate surface area is 254 Å². The van der Waals surface area contributed by atoms with Crippen LogP contribution in [0, 0.1) is 24.7 Å². The van der Waals surface area contributed by atoms with E-state index in [0.717, 1.165) is 24.3 Å². The van der Waals surface area contributed by atoms with Gasteiger partial charge < -0.3 is 25.4 Å². The summed E-state index contributed by atoms with van der Waals surface area (Å²) in [5.41, 5.74) is 0.981. The molecule has 238 valence electrons. The Morgan fingerprint density at radius 1 is 1.20 bits per heavy atom. The van der Waals surface area contributed by atoms with Gasteiger partial charge in [0.1, 0.15) is 5.76 Å². The van der Waals surface area contributed by atoms with Crippen molar-refractivity contribution < 1.29 is 18.8 Å². The number of terminal acetylenes is 1. The third-order valence-corrected chi connectivity index (χ3v) is 4.62. The number of carbonyl (C=O) groups is 1. The minimum Gasteiger partial charge on any atom is -0.513 e. The van der Waals surface area contributed by atoms with Crippen molar-refractivity contribution in [1.29, 1.82) is 0 Å². The highest BCUT2D eigenvalue weighted by molar-refractivity contribution is 7.83. The quantitative estimate of drug-likeness (QED) is 0.178. The van der Waals surface area contributed by atoms with Crippen LogP contribution in [-0.2, 0) is 20.7 Å². The van der Waals surface area contributed by atoms with E-state index >= 15 is 0 Å². The molecular weight excluding hydrogens is 538 g/mol. The summed E-state index contributed by atoms with van der Waals surface area (Å²) in [6.45, 7) is 23.6. The fraction of sp³-hybridized carbons (Fsp3) is 0.581. The van der Waals surface area contributed by atoms with Crippen LogP contribution >= 0.6 is 0 Å². The average Bonchev–Trinajstić information content (AvgIpc) is 3.39. The Hall–Kier alpha value is -3.32. The maximum Gasteiger partial charge on any atom is 0.267 e. The summed E-state index contributed by atoms with van der Waals surface area (Å²) in [4.78, 5) is 10.9. The van der Waals surface area contributed by atoms with Gasteiger partial charge in [0.05, 0.1) is 24.8 Å². The van der Waals surface area contributed by atoms with Gasteiger partial charge >= 0.3 is 0 Å². The molecule has 2 heterocycles. The normalized spacial score (nSPS) is 15.1. The second-order valence-electron chi connectivity index (χ2n) is 8.62. The van der Waals surface area contributed by atoms with Gasteiger partial charge in [0, 0.05) is 26.6 Å². The maximum atomic E-state index is 10.9. The van der Waals surface area contributed by atoms with Gasteiger partial charge in [0.25, 0.3) is 11.2 Å². The molecule has 1 amide bonds. The number of aliphatic hydroxyl groups excluding tert-OH is 1. The van der Waals surface area contributed by atoms with Crippen molar-refractivity contribution in [2.24, 2.45) is 20.6 Å². The summed E-state index contributed by atoms with van der Waals surface area (Å²) in [5, 5.41) is 14.5. The van der Waals surface area contributed by atoms with Gasteiger partial charge in [-0.15, -0.1) is 17.2 Å². The molecule has 0 bridgehead atoms. The lowest BCUT2D eigenvalue weighted by atomic mass is 9.94. The van der Waals surface area contributed by atoms with E-state index in [9.17, 15) is 9.00 Å². The Balaban J connectivity index is -0.000000150. The summed E-state index contributed by atoms with van der Waals surface area (Å²) >= 11 is -1.45. The van der Waals surface area contributed by atoms with Gasteiger partial charge in [0.2, 0.25) is 6.41 Å². The zero-order valence-electron chi connectivity index (χ0n) is 27.9. The molecule has 0 aromatic carbocycles. The highest BCUT2D eigenvalue weighted by Crippen LogP contribution is 2.20. The zero-order valence-corrected chi connectivity index (χ0v) is 28.7. The van der Waals surface area contributed by atoms with E-state index in [0.29, 0.717) is 30.0 Å². The predicted molar refractivity (Wildman–Crippen MR) is 181 cm³/mol. The Kier molecular flexibility index (Phi) is 42.5. The molecule has 0 spiro atoms. The number of amidine groups is 1. The zero-order chi connectivity index (χ0) is 33.2. The number of allylic oxidation sites excluding steroid dienone is 5. The molecule has 0 saturated heterocycles. The third kappa shape index (κ3) is 38.9. The molecule has 0 radical (unpaired) electrons. The maximum absolute atomic E-state index is 10.9. The fourth-order valence-corrected chi connectivity index (χ4v) is 2.28. The summed E-state index contributed by atoms with van der Waals surface area (Å²) in [5.74, 6) is 2.75. The molecule has 41 heavy (non-hydrogen) atoms. The van der Waals surface area contributed by atoms with E-state index in [1.807, 2.05) is 53.0 Å². The van der Waals surface area contributed by atoms with E-state index in [1.54, 1.807) is 27.3 Å². The molecule has 2 aliphatic rings. The van der Waals surface area contributed by atoms with Crippen LogP contribution in [0.3, 0.4) is 0 Å². The van der Waals surface area contributed by atoms with Crippen molar-refractivity contribution >= 4 is 29.6 Å². The molecule has 10 heteroatoms. The predicted octanol–water partition coefficient (Wildman–Crippen LogP) is 6.72. The number of nitrogens with zero attached hydrogens (tertiary/aromatic N) is 3. The lowest BCUT2D eigenvalue weighted by molar-refractivity contribution is -0.115. The number of ether oxygens (including phenoxy) is 1. The average molecular weight is 598 g/mol. The first-order valence-electron chi connectivity index (χ1n) is 13.8. The molecule has 0 saturated carbocycles. The van der Waals surface area contributed by atoms with Crippen LogP contribution in [0.1, 0.15) is 82.6 Å². The second kappa shape index (κ2) is 36.7. The number of aliphatic hydroxyl groups is 1. The molecule has 9 nitrogen and oxygen atoms in total. The molecule has 0 aliphatic carbocycles.